The summed E-state index contributed by atoms with van der Waals surface area (Å²) in [5, 5.41) is 3.25. The van der Waals surface area contributed by atoms with Gasteiger partial charge in [0, 0.05) is 28.2 Å². The van der Waals surface area contributed by atoms with Gasteiger partial charge in [0.2, 0.25) is 5.91 Å². The summed E-state index contributed by atoms with van der Waals surface area (Å²) in [6.07, 6.45) is 2.24. The second-order valence-corrected chi connectivity index (χ2v) is 8.74. The van der Waals surface area contributed by atoms with Crippen LogP contribution in [0.4, 0.5) is 0 Å². The number of nitrogens with one attached hydrogen (secondary N) is 1. The lowest BCUT2D eigenvalue weighted by molar-refractivity contribution is -0.131. The highest BCUT2D eigenvalue weighted by molar-refractivity contribution is 9.10. The molecular formula is C21H23Br2NO2. The summed E-state index contributed by atoms with van der Waals surface area (Å²) >= 11 is 6.94. The fourth-order valence-corrected chi connectivity index (χ4v) is 4.05. The molecule has 1 aliphatic rings. The summed E-state index contributed by atoms with van der Waals surface area (Å²) in [5.41, 5.74) is 1.77. The summed E-state index contributed by atoms with van der Waals surface area (Å²) < 4.78 is 7.62. The highest BCUT2D eigenvalue weighted by Gasteiger charge is 2.42. The Kier molecular flexibility index (Phi) is 6.54. The molecule has 0 spiro atoms. The zero-order valence-electron chi connectivity index (χ0n) is 14.8. The van der Waals surface area contributed by atoms with Gasteiger partial charge in [-0.2, -0.15) is 0 Å². The zero-order chi connectivity index (χ0) is 18.6. The van der Waals surface area contributed by atoms with E-state index in [4.69, 9.17) is 4.74 Å². The number of ether oxygens (including phenoxy) is 1. The molecule has 0 radical (unpaired) electrons. The van der Waals surface area contributed by atoms with Gasteiger partial charge < -0.3 is 10.1 Å². The molecule has 1 fully saturated rings. The van der Waals surface area contributed by atoms with E-state index < -0.39 is 5.41 Å². The largest absolute Gasteiger partial charge is 0.381 e. The number of hydrogen-bond donors (Lipinski definition) is 1. The third-order valence-electron chi connectivity index (χ3n) is 5.01. The second-order valence-electron chi connectivity index (χ2n) is 6.91. The van der Waals surface area contributed by atoms with Gasteiger partial charge in [0.15, 0.2) is 0 Å². The maximum atomic E-state index is 13.3. The van der Waals surface area contributed by atoms with Crippen molar-refractivity contribution in [2.24, 2.45) is 0 Å². The third-order valence-corrected chi connectivity index (χ3v) is 6.07. The van der Waals surface area contributed by atoms with Crippen molar-refractivity contribution in [3.05, 3.63) is 68.6 Å². The van der Waals surface area contributed by atoms with Crippen LogP contribution < -0.4 is 5.32 Å². The van der Waals surface area contributed by atoms with Crippen LogP contribution in [-0.2, 0) is 21.4 Å². The quantitative estimate of drug-likeness (QED) is 0.653. The molecule has 3 nitrogen and oxygen atoms in total. The van der Waals surface area contributed by atoms with Crippen molar-refractivity contribution in [3.8, 4) is 0 Å². The summed E-state index contributed by atoms with van der Waals surface area (Å²) in [7, 11) is 0. The molecule has 0 aliphatic carbocycles. The maximum absolute atomic E-state index is 13.3. The Labute approximate surface area is 171 Å². The number of amides is 1. The zero-order valence-corrected chi connectivity index (χ0v) is 18.0. The van der Waals surface area contributed by atoms with E-state index in [9.17, 15) is 4.79 Å². The van der Waals surface area contributed by atoms with Gasteiger partial charge in [-0.1, -0.05) is 56.1 Å². The van der Waals surface area contributed by atoms with E-state index in [1.54, 1.807) is 0 Å². The lowest BCUT2D eigenvalue weighted by Crippen LogP contribution is -2.50. The smallest absolute Gasteiger partial charge is 0.231 e. The predicted molar refractivity (Wildman–Crippen MR) is 111 cm³/mol. The first-order valence-corrected chi connectivity index (χ1v) is 10.5. The van der Waals surface area contributed by atoms with Crippen LogP contribution in [-0.4, -0.2) is 25.2 Å². The Bertz CT molecular complexity index is 738. The highest BCUT2D eigenvalue weighted by atomic mass is 79.9. The van der Waals surface area contributed by atoms with E-state index in [1.165, 1.54) is 5.56 Å². The van der Waals surface area contributed by atoms with Crippen LogP contribution in [0.2, 0.25) is 0 Å². The van der Waals surface area contributed by atoms with Gasteiger partial charge >= 0.3 is 0 Å². The molecule has 0 saturated carbocycles. The Morgan fingerprint density at radius 2 is 1.58 bits per heavy atom. The molecule has 5 heteroatoms. The van der Waals surface area contributed by atoms with E-state index in [0.29, 0.717) is 26.1 Å². The molecule has 0 bridgehead atoms. The molecule has 1 saturated heterocycles. The molecule has 1 amide bonds. The van der Waals surface area contributed by atoms with Gasteiger partial charge in [-0.3, -0.25) is 4.79 Å². The molecule has 0 aromatic heterocycles. The van der Waals surface area contributed by atoms with Crippen molar-refractivity contribution < 1.29 is 9.53 Å². The minimum atomic E-state index is -0.507. The molecule has 138 valence electrons. The molecule has 26 heavy (non-hydrogen) atoms. The standard InChI is InChI=1S/C21H23Br2NO2/c1-15(14-16-2-6-18(22)7-3-16)24-20(25)21(10-12-26-13-11-21)17-4-8-19(23)9-5-17/h2-9,15H,10-14H2,1H3,(H,24,25). The van der Waals surface area contributed by atoms with Gasteiger partial charge in [0.1, 0.15) is 0 Å². The van der Waals surface area contributed by atoms with Gasteiger partial charge in [-0.25, -0.2) is 0 Å². The van der Waals surface area contributed by atoms with Gasteiger partial charge in [0.25, 0.3) is 0 Å². The predicted octanol–water partition coefficient (Wildman–Crippen LogP) is 5.01. The summed E-state index contributed by atoms with van der Waals surface area (Å²) in [4.78, 5) is 13.3. The van der Waals surface area contributed by atoms with E-state index >= 15 is 0 Å². The molecule has 2 aromatic rings. The first-order valence-electron chi connectivity index (χ1n) is 8.89. The average molecular weight is 481 g/mol. The molecule has 1 unspecified atom stereocenters. The fourth-order valence-electron chi connectivity index (χ4n) is 3.52. The average Bonchev–Trinajstić information content (AvgIpc) is 2.64. The van der Waals surface area contributed by atoms with Crippen molar-refractivity contribution in [1.82, 2.24) is 5.32 Å². The van der Waals surface area contributed by atoms with Crippen molar-refractivity contribution >= 4 is 37.8 Å². The fraction of sp³-hybridized carbons (Fsp3) is 0.381. The monoisotopic (exact) mass is 479 g/mol. The number of hydrogen-bond acceptors (Lipinski definition) is 2. The molecule has 2 aromatic carbocycles. The van der Waals surface area contributed by atoms with Crippen LogP contribution >= 0.6 is 31.9 Å². The number of carbonyl (C=O) groups is 1. The summed E-state index contributed by atoms with van der Waals surface area (Å²) in [5.74, 6) is 0.104. The van der Waals surface area contributed by atoms with Crippen LogP contribution in [0.5, 0.6) is 0 Å². The SMILES string of the molecule is CC(Cc1ccc(Br)cc1)NC(=O)C1(c2ccc(Br)cc2)CCOCC1. The molecular weight excluding hydrogens is 458 g/mol. The Morgan fingerprint density at radius 3 is 2.15 bits per heavy atom. The maximum Gasteiger partial charge on any atom is 0.231 e. The normalized spacial score (nSPS) is 17.5. The Balaban J connectivity index is 1.75. The van der Waals surface area contributed by atoms with Crippen molar-refractivity contribution in [3.63, 3.8) is 0 Å². The molecule has 1 aliphatic heterocycles. The second kappa shape index (κ2) is 8.68. The first-order chi connectivity index (χ1) is 12.5. The molecule has 1 atom stereocenters. The summed E-state index contributed by atoms with van der Waals surface area (Å²) in [6.45, 7) is 3.30. The number of rotatable bonds is 5. The number of benzene rings is 2. The van der Waals surface area contributed by atoms with Crippen molar-refractivity contribution in [2.45, 2.75) is 37.6 Å². The van der Waals surface area contributed by atoms with Gasteiger partial charge in [0.05, 0.1) is 5.41 Å². The van der Waals surface area contributed by atoms with E-state index in [0.717, 1.165) is 20.9 Å². The van der Waals surface area contributed by atoms with E-state index in [2.05, 4.69) is 56.2 Å². The van der Waals surface area contributed by atoms with E-state index in [1.807, 2.05) is 36.4 Å². The van der Waals surface area contributed by atoms with Crippen molar-refractivity contribution in [2.75, 3.05) is 13.2 Å². The minimum absolute atomic E-state index is 0.0684. The highest BCUT2D eigenvalue weighted by Crippen LogP contribution is 2.36. The lowest BCUT2D eigenvalue weighted by Gasteiger charge is -2.37. The van der Waals surface area contributed by atoms with Crippen LogP contribution in [0, 0.1) is 0 Å². The third kappa shape index (κ3) is 4.56. The molecule has 3 rings (SSSR count). The van der Waals surface area contributed by atoms with E-state index in [-0.39, 0.29) is 11.9 Å². The lowest BCUT2D eigenvalue weighted by atomic mass is 9.73. The van der Waals surface area contributed by atoms with Crippen LogP contribution in [0.25, 0.3) is 0 Å². The van der Waals surface area contributed by atoms with Crippen LogP contribution in [0.3, 0.4) is 0 Å². The Morgan fingerprint density at radius 1 is 1.04 bits per heavy atom. The first kappa shape index (κ1) is 19.6. The minimum Gasteiger partial charge on any atom is -0.381 e. The van der Waals surface area contributed by atoms with Crippen LogP contribution in [0.15, 0.2) is 57.5 Å². The Hall–Kier alpha value is -1.17. The topological polar surface area (TPSA) is 38.3 Å². The van der Waals surface area contributed by atoms with Gasteiger partial charge in [-0.05, 0) is 61.6 Å². The molecule has 1 heterocycles. The van der Waals surface area contributed by atoms with Gasteiger partial charge in [-0.15, -0.1) is 0 Å². The number of carbonyl (C=O) groups excluding carboxylic acids is 1. The summed E-state index contributed by atoms with van der Waals surface area (Å²) in [6, 6.07) is 16.4. The van der Waals surface area contributed by atoms with Crippen molar-refractivity contribution in [1.29, 1.82) is 0 Å². The van der Waals surface area contributed by atoms with Crippen LogP contribution in [0.1, 0.15) is 30.9 Å². The number of halogens is 2. The molecule has 1 N–H and O–H groups in total.